The van der Waals surface area contributed by atoms with Gasteiger partial charge in [-0.25, -0.2) is 0 Å². The number of carbonyl (C=O) groups excluding carboxylic acids is 1. The van der Waals surface area contributed by atoms with Crippen molar-refractivity contribution < 1.29 is 18.0 Å². The molecule has 0 heterocycles. The Morgan fingerprint density at radius 1 is 1.50 bits per heavy atom. The largest absolute Gasteiger partial charge is 0.418 e. The van der Waals surface area contributed by atoms with E-state index in [1.807, 2.05) is 0 Å². The Labute approximate surface area is 111 Å². The molecule has 100 valence electrons. The summed E-state index contributed by atoms with van der Waals surface area (Å²) in [4.78, 5) is 11.5. The second-order valence-corrected chi connectivity index (χ2v) is 4.61. The van der Waals surface area contributed by atoms with Crippen LogP contribution in [0.2, 0.25) is 0 Å². The van der Waals surface area contributed by atoms with Crippen LogP contribution in [0.1, 0.15) is 18.9 Å². The highest BCUT2D eigenvalue weighted by Crippen LogP contribution is 2.36. The zero-order valence-electron chi connectivity index (χ0n) is 9.51. The predicted octanol–water partition coefficient (Wildman–Crippen LogP) is 3.14. The Morgan fingerprint density at radius 3 is 2.61 bits per heavy atom. The molecule has 0 fully saturated rings. The molecule has 3 N–H and O–H groups in total. The number of hydrogen-bond acceptors (Lipinski definition) is 2. The maximum atomic E-state index is 12.8. The van der Waals surface area contributed by atoms with E-state index < -0.39 is 23.7 Å². The number of carbonyl (C=O) groups is 1. The first-order valence-corrected chi connectivity index (χ1v) is 5.98. The first kappa shape index (κ1) is 15.0. The van der Waals surface area contributed by atoms with Gasteiger partial charge in [-0.15, -0.1) is 0 Å². The van der Waals surface area contributed by atoms with Gasteiger partial charge in [-0.2, -0.15) is 13.2 Å². The summed E-state index contributed by atoms with van der Waals surface area (Å²) < 4.78 is 38.6. The Morgan fingerprint density at radius 2 is 2.11 bits per heavy atom. The van der Waals surface area contributed by atoms with Crippen molar-refractivity contribution >= 4 is 27.5 Å². The summed E-state index contributed by atoms with van der Waals surface area (Å²) in [6, 6.07) is 2.69. The molecule has 3 nitrogen and oxygen atoms in total. The van der Waals surface area contributed by atoms with Crippen LogP contribution in [0.5, 0.6) is 0 Å². The fourth-order valence-electron chi connectivity index (χ4n) is 1.27. The minimum absolute atomic E-state index is 0.285. The molecule has 7 heteroatoms. The molecular weight excluding hydrogens is 313 g/mol. The molecule has 0 spiro atoms. The molecule has 0 saturated carbocycles. The second-order valence-electron chi connectivity index (χ2n) is 3.69. The minimum atomic E-state index is -4.54. The number of nitrogens with two attached hydrogens (primary N) is 1. The highest BCUT2D eigenvalue weighted by molar-refractivity contribution is 9.10. The minimum Gasteiger partial charge on any atom is -0.324 e. The van der Waals surface area contributed by atoms with Gasteiger partial charge in [-0.3, -0.25) is 4.79 Å². The highest BCUT2D eigenvalue weighted by atomic mass is 79.9. The number of rotatable bonds is 3. The van der Waals surface area contributed by atoms with E-state index in [-0.39, 0.29) is 10.2 Å². The van der Waals surface area contributed by atoms with E-state index in [0.29, 0.717) is 6.42 Å². The van der Waals surface area contributed by atoms with E-state index in [1.165, 1.54) is 12.1 Å². The van der Waals surface area contributed by atoms with Crippen molar-refractivity contribution in [1.82, 2.24) is 0 Å². The molecule has 0 aliphatic rings. The van der Waals surface area contributed by atoms with Crippen molar-refractivity contribution in [2.45, 2.75) is 25.6 Å². The Bertz CT molecular complexity index is 448. The predicted molar refractivity (Wildman–Crippen MR) is 66.0 cm³/mol. The second kappa shape index (κ2) is 5.71. The molecule has 0 radical (unpaired) electrons. The molecule has 1 rings (SSSR count). The molecule has 0 saturated heterocycles. The number of benzene rings is 1. The summed E-state index contributed by atoms with van der Waals surface area (Å²) in [6.07, 6.45) is -4.19. The highest BCUT2D eigenvalue weighted by Gasteiger charge is 2.34. The average molecular weight is 325 g/mol. The average Bonchev–Trinajstić information content (AvgIpc) is 2.28. The van der Waals surface area contributed by atoms with E-state index in [4.69, 9.17) is 5.73 Å². The summed E-state index contributed by atoms with van der Waals surface area (Å²) in [5, 5.41) is 2.19. The topological polar surface area (TPSA) is 55.1 Å². The van der Waals surface area contributed by atoms with Gasteiger partial charge in [0.15, 0.2) is 0 Å². The van der Waals surface area contributed by atoms with Crippen molar-refractivity contribution in [3.05, 3.63) is 28.2 Å². The lowest BCUT2D eigenvalue weighted by atomic mass is 10.1. The van der Waals surface area contributed by atoms with Crippen molar-refractivity contribution in [1.29, 1.82) is 0 Å². The smallest absolute Gasteiger partial charge is 0.324 e. The number of anilines is 1. The van der Waals surface area contributed by atoms with E-state index in [9.17, 15) is 18.0 Å². The molecule has 1 amide bonds. The van der Waals surface area contributed by atoms with E-state index in [0.717, 1.165) is 6.07 Å². The third-order valence-electron chi connectivity index (χ3n) is 2.32. The maximum absolute atomic E-state index is 12.8. The zero-order valence-corrected chi connectivity index (χ0v) is 11.1. The first-order valence-electron chi connectivity index (χ1n) is 5.19. The molecular formula is C11H12BrF3N2O. The van der Waals surface area contributed by atoms with Crippen LogP contribution in [-0.4, -0.2) is 11.9 Å². The SMILES string of the molecule is CC[C@@H](N)C(=O)Nc1ccc(Br)cc1C(F)(F)F. The number of nitrogens with one attached hydrogen (secondary N) is 1. The van der Waals surface area contributed by atoms with Gasteiger partial charge >= 0.3 is 6.18 Å². The van der Waals surface area contributed by atoms with Crippen LogP contribution in [0, 0.1) is 0 Å². The van der Waals surface area contributed by atoms with Gasteiger partial charge in [0.05, 0.1) is 17.3 Å². The van der Waals surface area contributed by atoms with Gasteiger partial charge in [-0.05, 0) is 24.6 Å². The third-order valence-corrected chi connectivity index (χ3v) is 2.81. The standard InChI is InChI=1S/C11H12BrF3N2O/c1-2-8(16)10(18)17-9-4-3-6(12)5-7(9)11(13,14)15/h3-5,8H,2,16H2,1H3,(H,17,18)/t8-/m1/s1. The lowest BCUT2D eigenvalue weighted by Crippen LogP contribution is -2.35. The van der Waals surface area contributed by atoms with Gasteiger partial charge in [0.1, 0.15) is 0 Å². The van der Waals surface area contributed by atoms with Gasteiger partial charge in [0, 0.05) is 4.47 Å². The van der Waals surface area contributed by atoms with Crippen molar-refractivity contribution in [3.63, 3.8) is 0 Å². The van der Waals surface area contributed by atoms with E-state index in [1.54, 1.807) is 6.92 Å². The number of amides is 1. The molecule has 0 aromatic heterocycles. The molecule has 1 aromatic carbocycles. The Hall–Kier alpha value is -1.08. The van der Waals surface area contributed by atoms with Gasteiger partial charge in [0.25, 0.3) is 0 Å². The van der Waals surface area contributed by atoms with Gasteiger partial charge in [-0.1, -0.05) is 22.9 Å². The monoisotopic (exact) mass is 324 g/mol. The normalized spacial score (nSPS) is 13.2. The lowest BCUT2D eigenvalue weighted by molar-refractivity contribution is -0.137. The summed E-state index contributed by atoms with van der Waals surface area (Å²) in [5.41, 5.74) is 4.25. The Balaban J connectivity index is 3.06. The van der Waals surface area contributed by atoms with Crippen LogP contribution in [0.3, 0.4) is 0 Å². The van der Waals surface area contributed by atoms with Crippen LogP contribution in [0.4, 0.5) is 18.9 Å². The molecule has 1 atom stereocenters. The fourth-order valence-corrected chi connectivity index (χ4v) is 1.63. The zero-order chi connectivity index (χ0) is 13.9. The van der Waals surface area contributed by atoms with Crippen LogP contribution in [0.25, 0.3) is 0 Å². The Kier molecular flexibility index (Phi) is 4.75. The summed E-state index contributed by atoms with van der Waals surface area (Å²) in [6.45, 7) is 1.68. The lowest BCUT2D eigenvalue weighted by Gasteiger charge is -2.16. The molecule has 0 bridgehead atoms. The third kappa shape index (κ3) is 3.71. The van der Waals surface area contributed by atoms with Crippen molar-refractivity contribution in [3.8, 4) is 0 Å². The molecule has 0 aliphatic heterocycles. The van der Waals surface area contributed by atoms with Gasteiger partial charge < -0.3 is 11.1 Å². The molecule has 0 aliphatic carbocycles. The first-order chi connectivity index (χ1) is 8.25. The van der Waals surface area contributed by atoms with Crippen molar-refractivity contribution in [2.24, 2.45) is 5.73 Å². The van der Waals surface area contributed by atoms with Crippen LogP contribution >= 0.6 is 15.9 Å². The summed E-state index contributed by atoms with van der Waals surface area (Å²) in [7, 11) is 0. The van der Waals surface area contributed by atoms with Gasteiger partial charge in [0.2, 0.25) is 5.91 Å². The summed E-state index contributed by atoms with van der Waals surface area (Å²) >= 11 is 2.96. The molecule has 18 heavy (non-hydrogen) atoms. The quantitative estimate of drug-likeness (QED) is 0.897. The maximum Gasteiger partial charge on any atom is 0.418 e. The fraction of sp³-hybridized carbons (Fsp3) is 0.364. The van der Waals surface area contributed by atoms with Crippen LogP contribution in [0.15, 0.2) is 22.7 Å². The molecule has 1 aromatic rings. The number of hydrogen-bond donors (Lipinski definition) is 2. The summed E-state index contributed by atoms with van der Waals surface area (Å²) in [5.74, 6) is -0.634. The number of halogens is 4. The van der Waals surface area contributed by atoms with Crippen LogP contribution < -0.4 is 11.1 Å². The molecule has 0 unspecified atom stereocenters. The number of alkyl halides is 3. The van der Waals surface area contributed by atoms with Crippen LogP contribution in [-0.2, 0) is 11.0 Å². The van der Waals surface area contributed by atoms with Crippen molar-refractivity contribution in [2.75, 3.05) is 5.32 Å². The van der Waals surface area contributed by atoms with E-state index in [2.05, 4.69) is 21.2 Å². The van der Waals surface area contributed by atoms with E-state index >= 15 is 0 Å².